The quantitative estimate of drug-likeness (QED) is 0.473. The average Bonchev–Trinajstić information content (AvgIpc) is 3.23. The Hall–Kier alpha value is -3.52. The van der Waals surface area contributed by atoms with Crippen LogP contribution in [-0.2, 0) is 16.0 Å². The van der Waals surface area contributed by atoms with Crippen LogP contribution in [0.3, 0.4) is 0 Å². The molecule has 0 aliphatic carbocycles. The van der Waals surface area contributed by atoms with Gasteiger partial charge in [0.05, 0.1) is 11.7 Å². The standard InChI is InChI=1S/C27H30FN3O4/c1-17(26(33)30-24-21-8-4-6-10-23(21)35-25(24)18(2)32)31-15-12-20(13-16-31)27(34)29-14-11-19-7-3-5-9-22(19)28/h3-10,17,20H,11-16H2,1-2H3,(H,29,34)(H,30,33). The van der Waals surface area contributed by atoms with Crippen LogP contribution < -0.4 is 10.6 Å². The Balaban J connectivity index is 1.29. The number of para-hydroxylation sites is 1. The predicted molar refractivity (Wildman–Crippen MR) is 132 cm³/mol. The SMILES string of the molecule is CC(=O)c1oc2ccccc2c1NC(=O)C(C)N1CCC(C(=O)NCCc2ccccc2F)CC1. The number of Topliss-reactive ketones (excluding diaryl/α,β-unsaturated/α-hetero) is 1. The van der Waals surface area contributed by atoms with Crippen LogP contribution in [0.1, 0.15) is 42.8 Å². The van der Waals surface area contributed by atoms with Gasteiger partial charge in [-0.25, -0.2) is 4.39 Å². The summed E-state index contributed by atoms with van der Waals surface area (Å²) in [5, 5.41) is 6.49. The van der Waals surface area contributed by atoms with E-state index in [-0.39, 0.29) is 35.1 Å². The van der Waals surface area contributed by atoms with E-state index in [1.807, 2.05) is 30.0 Å². The second kappa shape index (κ2) is 10.8. The van der Waals surface area contributed by atoms with Crippen LogP contribution in [0, 0.1) is 11.7 Å². The summed E-state index contributed by atoms with van der Waals surface area (Å²) in [6.07, 6.45) is 1.71. The molecular weight excluding hydrogens is 449 g/mol. The molecule has 4 rings (SSSR count). The summed E-state index contributed by atoms with van der Waals surface area (Å²) in [5.41, 5.74) is 1.53. The third kappa shape index (κ3) is 5.59. The molecule has 2 aromatic carbocycles. The number of nitrogens with one attached hydrogen (secondary N) is 2. The van der Waals surface area contributed by atoms with Gasteiger partial charge in [-0.3, -0.25) is 19.3 Å². The fourth-order valence-electron chi connectivity index (χ4n) is 4.53. The second-order valence-corrected chi connectivity index (χ2v) is 8.97. The minimum atomic E-state index is -0.437. The van der Waals surface area contributed by atoms with E-state index in [0.717, 1.165) is 0 Å². The number of furan rings is 1. The lowest BCUT2D eigenvalue weighted by molar-refractivity contribution is -0.127. The van der Waals surface area contributed by atoms with E-state index in [2.05, 4.69) is 10.6 Å². The molecule has 35 heavy (non-hydrogen) atoms. The average molecular weight is 480 g/mol. The molecule has 1 unspecified atom stereocenters. The minimum Gasteiger partial charge on any atom is -0.451 e. The zero-order chi connectivity index (χ0) is 24.9. The van der Waals surface area contributed by atoms with Crippen molar-refractivity contribution in [1.29, 1.82) is 0 Å². The van der Waals surface area contributed by atoms with Crippen LogP contribution in [0.5, 0.6) is 0 Å². The lowest BCUT2D eigenvalue weighted by atomic mass is 9.94. The number of nitrogens with zero attached hydrogens (tertiary/aromatic N) is 1. The smallest absolute Gasteiger partial charge is 0.241 e. The molecule has 0 bridgehead atoms. The second-order valence-electron chi connectivity index (χ2n) is 8.97. The van der Waals surface area contributed by atoms with Gasteiger partial charge in [0.2, 0.25) is 11.8 Å². The number of hydrogen-bond acceptors (Lipinski definition) is 5. The highest BCUT2D eigenvalue weighted by Crippen LogP contribution is 2.31. The van der Waals surface area contributed by atoms with Gasteiger partial charge in [-0.05, 0) is 63.0 Å². The van der Waals surface area contributed by atoms with Crippen LogP contribution >= 0.6 is 0 Å². The Morgan fingerprint density at radius 3 is 2.49 bits per heavy atom. The number of anilines is 1. The van der Waals surface area contributed by atoms with Gasteiger partial charge in [0, 0.05) is 24.8 Å². The Kier molecular flexibility index (Phi) is 7.60. The molecule has 1 aliphatic rings. The number of piperidine rings is 1. The lowest BCUT2D eigenvalue weighted by Gasteiger charge is -2.34. The highest BCUT2D eigenvalue weighted by atomic mass is 19.1. The van der Waals surface area contributed by atoms with Crippen molar-refractivity contribution >= 4 is 34.3 Å². The normalized spacial score (nSPS) is 15.6. The summed E-state index contributed by atoms with van der Waals surface area (Å²) in [4.78, 5) is 39.7. The number of benzene rings is 2. The largest absolute Gasteiger partial charge is 0.451 e. The summed E-state index contributed by atoms with van der Waals surface area (Å²) in [5.74, 6) is -0.783. The number of fused-ring (bicyclic) bond motifs is 1. The molecule has 1 aliphatic heterocycles. The van der Waals surface area contributed by atoms with Crippen molar-refractivity contribution in [1.82, 2.24) is 10.2 Å². The van der Waals surface area contributed by atoms with E-state index in [9.17, 15) is 18.8 Å². The summed E-state index contributed by atoms with van der Waals surface area (Å²) in [7, 11) is 0. The van der Waals surface area contributed by atoms with Crippen molar-refractivity contribution in [2.24, 2.45) is 5.92 Å². The van der Waals surface area contributed by atoms with Crippen molar-refractivity contribution in [3.63, 3.8) is 0 Å². The number of ketones is 1. The maximum absolute atomic E-state index is 13.7. The third-order valence-electron chi connectivity index (χ3n) is 6.64. The van der Waals surface area contributed by atoms with Gasteiger partial charge < -0.3 is 15.1 Å². The first-order valence-corrected chi connectivity index (χ1v) is 11.9. The van der Waals surface area contributed by atoms with Gasteiger partial charge in [0.15, 0.2) is 11.5 Å². The molecule has 2 N–H and O–H groups in total. The number of likely N-dealkylation sites (tertiary alicyclic amines) is 1. The molecule has 0 saturated carbocycles. The summed E-state index contributed by atoms with van der Waals surface area (Å²) >= 11 is 0. The van der Waals surface area contributed by atoms with E-state index in [0.29, 0.717) is 61.1 Å². The zero-order valence-electron chi connectivity index (χ0n) is 20.0. The molecule has 1 aromatic heterocycles. The molecule has 184 valence electrons. The van der Waals surface area contributed by atoms with Crippen LogP contribution in [0.15, 0.2) is 52.9 Å². The fourth-order valence-corrected chi connectivity index (χ4v) is 4.53. The van der Waals surface area contributed by atoms with Gasteiger partial charge in [0.1, 0.15) is 11.4 Å². The number of hydrogen-bond donors (Lipinski definition) is 2. The number of rotatable bonds is 8. The van der Waals surface area contributed by atoms with Gasteiger partial charge in [-0.2, -0.15) is 0 Å². The van der Waals surface area contributed by atoms with Gasteiger partial charge in [-0.1, -0.05) is 30.3 Å². The Bertz CT molecular complexity index is 1230. The van der Waals surface area contributed by atoms with E-state index in [1.165, 1.54) is 13.0 Å². The van der Waals surface area contributed by atoms with E-state index in [4.69, 9.17) is 4.42 Å². The van der Waals surface area contributed by atoms with E-state index >= 15 is 0 Å². The molecule has 1 fully saturated rings. The van der Waals surface area contributed by atoms with Crippen LogP contribution in [0.4, 0.5) is 10.1 Å². The maximum Gasteiger partial charge on any atom is 0.241 e. The van der Waals surface area contributed by atoms with Crippen LogP contribution in [0.2, 0.25) is 0 Å². The number of carbonyl (C=O) groups excluding carboxylic acids is 3. The molecule has 3 aromatic rings. The summed E-state index contributed by atoms with van der Waals surface area (Å²) < 4.78 is 19.4. The molecule has 0 radical (unpaired) electrons. The molecule has 2 amide bonds. The molecule has 2 heterocycles. The first-order chi connectivity index (χ1) is 16.8. The van der Waals surface area contributed by atoms with Crippen LogP contribution in [0.25, 0.3) is 11.0 Å². The third-order valence-corrected chi connectivity index (χ3v) is 6.64. The molecule has 1 atom stereocenters. The van der Waals surface area contributed by atoms with Gasteiger partial charge >= 0.3 is 0 Å². The topological polar surface area (TPSA) is 91.7 Å². The first kappa shape index (κ1) is 24.6. The number of amides is 2. The molecule has 8 heteroatoms. The van der Waals surface area contributed by atoms with Crippen molar-refractivity contribution in [2.45, 2.75) is 39.2 Å². The lowest BCUT2D eigenvalue weighted by Crippen LogP contribution is -2.48. The minimum absolute atomic E-state index is 0.0333. The van der Waals surface area contributed by atoms with Gasteiger partial charge in [0.25, 0.3) is 0 Å². The fraction of sp³-hybridized carbons (Fsp3) is 0.370. The van der Waals surface area contributed by atoms with Crippen molar-refractivity contribution in [3.8, 4) is 0 Å². The zero-order valence-corrected chi connectivity index (χ0v) is 20.0. The first-order valence-electron chi connectivity index (χ1n) is 11.9. The summed E-state index contributed by atoms with van der Waals surface area (Å²) in [6, 6.07) is 13.3. The van der Waals surface area contributed by atoms with E-state index in [1.54, 1.807) is 24.3 Å². The monoisotopic (exact) mass is 479 g/mol. The Labute approximate surface area is 203 Å². The highest BCUT2D eigenvalue weighted by molar-refractivity contribution is 6.11. The van der Waals surface area contributed by atoms with Crippen molar-refractivity contribution < 1.29 is 23.2 Å². The number of carbonyl (C=O) groups is 3. The van der Waals surface area contributed by atoms with E-state index < -0.39 is 6.04 Å². The van der Waals surface area contributed by atoms with Crippen LogP contribution in [-0.4, -0.2) is 48.2 Å². The van der Waals surface area contributed by atoms with Crippen molar-refractivity contribution in [2.75, 3.05) is 25.0 Å². The molecule has 1 saturated heterocycles. The highest BCUT2D eigenvalue weighted by Gasteiger charge is 2.31. The van der Waals surface area contributed by atoms with Crippen molar-refractivity contribution in [3.05, 3.63) is 65.7 Å². The number of halogens is 1. The van der Waals surface area contributed by atoms with Gasteiger partial charge in [-0.15, -0.1) is 0 Å². The predicted octanol–water partition coefficient (Wildman–Crippen LogP) is 4.17. The Morgan fingerprint density at radius 2 is 1.77 bits per heavy atom. The molecule has 7 nitrogen and oxygen atoms in total. The Morgan fingerprint density at radius 1 is 1.09 bits per heavy atom. The molecular formula is C27H30FN3O4. The maximum atomic E-state index is 13.7. The summed E-state index contributed by atoms with van der Waals surface area (Å²) in [6.45, 7) is 4.82. The molecule has 0 spiro atoms.